The van der Waals surface area contributed by atoms with E-state index in [4.69, 9.17) is 26.2 Å². The minimum Gasteiger partial charge on any atom is -0.399 e. The standard InChI is InChI=1S/C13H22N3O3P/c1-13(2)7-18-20(17,19-8-13)6-12(16)10-4-3-9(14)5-11(10)15/h3-5,12H,6-8,14-16H2,1-2H3. The molecule has 112 valence electrons. The molecule has 0 bridgehead atoms. The van der Waals surface area contributed by atoms with Crippen molar-refractivity contribution in [2.75, 3.05) is 30.8 Å². The predicted molar refractivity (Wildman–Crippen MR) is 80.4 cm³/mol. The summed E-state index contributed by atoms with van der Waals surface area (Å²) in [5.74, 6) is 0. The molecule has 20 heavy (non-hydrogen) atoms. The van der Waals surface area contributed by atoms with Crippen LogP contribution in [0.2, 0.25) is 0 Å². The Bertz CT molecular complexity index is 534. The Hall–Kier alpha value is -1.07. The quantitative estimate of drug-likeness (QED) is 0.582. The van der Waals surface area contributed by atoms with Crippen LogP contribution >= 0.6 is 7.60 Å². The van der Waals surface area contributed by atoms with Crippen LogP contribution in [0.25, 0.3) is 0 Å². The number of benzene rings is 1. The molecule has 1 aromatic carbocycles. The van der Waals surface area contributed by atoms with Crippen molar-refractivity contribution < 1.29 is 13.6 Å². The third-order valence-corrected chi connectivity index (χ3v) is 5.12. The van der Waals surface area contributed by atoms with Crippen molar-refractivity contribution in [2.24, 2.45) is 11.1 Å². The number of nitrogen functional groups attached to an aromatic ring is 2. The van der Waals surface area contributed by atoms with E-state index < -0.39 is 13.6 Å². The fraction of sp³-hybridized carbons (Fsp3) is 0.538. The van der Waals surface area contributed by atoms with Crippen LogP contribution in [0.1, 0.15) is 25.5 Å². The van der Waals surface area contributed by atoms with Gasteiger partial charge in [0.1, 0.15) is 0 Å². The smallest absolute Gasteiger partial charge is 0.332 e. The molecule has 0 spiro atoms. The van der Waals surface area contributed by atoms with Crippen molar-refractivity contribution in [3.8, 4) is 0 Å². The van der Waals surface area contributed by atoms with E-state index in [9.17, 15) is 4.57 Å². The molecule has 1 saturated heterocycles. The van der Waals surface area contributed by atoms with Crippen molar-refractivity contribution in [2.45, 2.75) is 19.9 Å². The van der Waals surface area contributed by atoms with Gasteiger partial charge in [-0.1, -0.05) is 19.9 Å². The van der Waals surface area contributed by atoms with Crippen LogP contribution in [-0.4, -0.2) is 19.4 Å². The SMILES string of the molecule is CC1(C)COP(=O)(CC(N)c2ccc(N)cc2N)OC1. The third-order valence-electron chi connectivity index (χ3n) is 3.23. The molecule has 1 unspecified atom stereocenters. The van der Waals surface area contributed by atoms with Gasteiger partial charge in [-0.3, -0.25) is 4.57 Å². The van der Waals surface area contributed by atoms with E-state index in [0.717, 1.165) is 0 Å². The monoisotopic (exact) mass is 299 g/mol. The van der Waals surface area contributed by atoms with Crippen LogP contribution in [0.5, 0.6) is 0 Å². The van der Waals surface area contributed by atoms with Gasteiger partial charge in [0.15, 0.2) is 0 Å². The summed E-state index contributed by atoms with van der Waals surface area (Å²) in [6, 6.07) is 4.59. The first-order chi connectivity index (χ1) is 9.21. The maximum absolute atomic E-state index is 12.5. The molecule has 1 atom stereocenters. The lowest BCUT2D eigenvalue weighted by atomic mass is 9.97. The molecule has 2 rings (SSSR count). The van der Waals surface area contributed by atoms with Gasteiger partial charge in [0.05, 0.1) is 19.4 Å². The highest BCUT2D eigenvalue weighted by Gasteiger charge is 2.38. The molecule has 1 aliphatic rings. The van der Waals surface area contributed by atoms with E-state index in [-0.39, 0.29) is 11.6 Å². The molecule has 1 fully saturated rings. The second-order valence-corrected chi connectivity index (χ2v) is 8.10. The van der Waals surface area contributed by atoms with Crippen LogP contribution in [0.4, 0.5) is 11.4 Å². The normalized spacial score (nSPS) is 22.4. The zero-order chi connectivity index (χ0) is 15.0. The van der Waals surface area contributed by atoms with Gasteiger partial charge in [0.2, 0.25) is 0 Å². The minimum atomic E-state index is -3.16. The first kappa shape index (κ1) is 15.3. The van der Waals surface area contributed by atoms with Gasteiger partial charge in [0, 0.05) is 22.8 Å². The van der Waals surface area contributed by atoms with Crippen molar-refractivity contribution in [1.29, 1.82) is 0 Å². The summed E-state index contributed by atoms with van der Waals surface area (Å²) in [6.07, 6.45) is 0.108. The second-order valence-electron chi connectivity index (χ2n) is 6.00. The Morgan fingerprint density at radius 1 is 1.30 bits per heavy atom. The number of nitrogens with two attached hydrogens (primary N) is 3. The summed E-state index contributed by atoms with van der Waals surface area (Å²) in [4.78, 5) is 0. The summed E-state index contributed by atoms with van der Waals surface area (Å²) in [6.45, 7) is 4.78. The Balaban J connectivity index is 2.08. The Morgan fingerprint density at radius 3 is 2.45 bits per heavy atom. The molecule has 0 amide bonds. The summed E-state index contributed by atoms with van der Waals surface area (Å²) in [7, 11) is -3.16. The lowest BCUT2D eigenvalue weighted by Gasteiger charge is -2.35. The third kappa shape index (κ3) is 3.52. The zero-order valence-electron chi connectivity index (χ0n) is 11.8. The van der Waals surface area contributed by atoms with E-state index >= 15 is 0 Å². The topological polar surface area (TPSA) is 114 Å². The summed E-state index contributed by atoms with van der Waals surface area (Å²) in [5, 5.41) is 0. The molecule has 1 aromatic rings. The predicted octanol–water partition coefficient (Wildman–Crippen LogP) is 2.12. The molecule has 6 N–H and O–H groups in total. The zero-order valence-corrected chi connectivity index (χ0v) is 12.7. The molecule has 1 aliphatic heterocycles. The minimum absolute atomic E-state index is 0.108. The molecule has 1 heterocycles. The van der Waals surface area contributed by atoms with Crippen LogP contribution in [0, 0.1) is 5.41 Å². The van der Waals surface area contributed by atoms with Gasteiger partial charge in [-0.15, -0.1) is 0 Å². The van der Waals surface area contributed by atoms with Crippen molar-refractivity contribution in [3.63, 3.8) is 0 Å². The Morgan fingerprint density at radius 2 is 1.90 bits per heavy atom. The molecule has 0 saturated carbocycles. The number of anilines is 2. The Labute approximate surface area is 119 Å². The van der Waals surface area contributed by atoms with Gasteiger partial charge in [-0.05, 0) is 17.7 Å². The van der Waals surface area contributed by atoms with Crippen molar-refractivity contribution >= 4 is 19.0 Å². The first-order valence-electron chi connectivity index (χ1n) is 6.49. The number of hydrogen-bond donors (Lipinski definition) is 3. The van der Waals surface area contributed by atoms with E-state index in [1.165, 1.54) is 0 Å². The summed E-state index contributed by atoms with van der Waals surface area (Å²) >= 11 is 0. The average molecular weight is 299 g/mol. The average Bonchev–Trinajstić information content (AvgIpc) is 2.33. The second kappa shape index (κ2) is 5.37. The molecular weight excluding hydrogens is 277 g/mol. The van der Waals surface area contributed by atoms with E-state index in [0.29, 0.717) is 30.2 Å². The fourth-order valence-electron chi connectivity index (χ4n) is 2.00. The largest absolute Gasteiger partial charge is 0.399 e. The van der Waals surface area contributed by atoms with Gasteiger partial charge in [-0.25, -0.2) is 0 Å². The van der Waals surface area contributed by atoms with Crippen LogP contribution < -0.4 is 17.2 Å². The van der Waals surface area contributed by atoms with Gasteiger partial charge in [0.25, 0.3) is 0 Å². The Kier molecular flexibility index (Phi) is 4.12. The molecule has 0 radical (unpaired) electrons. The van der Waals surface area contributed by atoms with Crippen molar-refractivity contribution in [1.82, 2.24) is 0 Å². The molecule has 0 aliphatic carbocycles. The van der Waals surface area contributed by atoms with Crippen LogP contribution in [0.15, 0.2) is 18.2 Å². The lowest BCUT2D eigenvalue weighted by Crippen LogP contribution is -2.31. The lowest BCUT2D eigenvalue weighted by molar-refractivity contribution is 0.0411. The number of hydrogen-bond acceptors (Lipinski definition) is 6. The van der Waals surface area contributed by atoms with Gasteiger partial charge in [-0.2, -0.15) is 0 Å². The summed E-state index contributed by atoms with van der Waals surface area (Å²) < 4.78 is 23.3. The highest BCUT2D eigenvalue weighted by atomic mass is 31.2. The molecular formula is C13H22N3O3P. The van der Waals surface area contributed by atoms with Gasteiger partial charge < -0.3 is 26.2 Å². The highest BCUT2D eigenvalue weighted by Crippen LogP contribution is 2.55. The molecule has 6 nitrogen and oxygen atoms in total. The van der Waals surface area contributed by atoms with Crippen molar-refractivity contribution in [3.05, 3.63) is 23.8 Å². The highest BCUT2D eigenvalue weighted by molar-refractivity contribution is 7.53. The maximum atomic E-state index is 12.5. The summed E-state index contributed by atoms with van der Waals surface area (Å²) in [5.41, 5.74) is 19.2. The maximum Gasteiger partial charge on any atom is 0.332 e. The fourth-order valence-corrected chi connectivity index (χ4v) is 4.06. The van der Waals surface area contributed by atoms with E-state index in [1.54, 1.807) is 18.2 Å². The molecule has 7 heteroatoms. The first-order valence-corrected chi connectivity index (χ1v) is 8.22. The number of rotatable bonds is 3. The van der Waals surface area contributed by atoms with E-state index in [2.05, 4.69) is 0 Å². The van der Waals surface area contributed by atoms with E-state index in [1.807, 2.05) is 13.8 Å². The van der Waals surface area contributed by atoms with Crippen LogP contribution in [0.3, 0.4) is 0 Å². The van der Waals surface area contributed by atoms with Crippen LogP contribution in [-0.2, 0) is 13.6 Å². The van der Waals surface area contributed by atoms with Gasteiger partial charge >= 0.3 is 7.60 Å². The molecule has 0 aromatic heterocycles.